The largest absolute Gasteiger partial charge is 0.497 e. The van der Waals surface area contributed by atoms with E-state index in [1.54, 1.807) is 7.11 Å². The molecule has 1 aliphatic rings. The van der Waals surface area contributed by atoms with Crippen LogP contribution >= 0.6 is 7.92 Å². The molecule has 0 radical (unpaired) electrons. The van der Waals surface area contributed by atoms with Gasteiger partial charge in [-0.15, -0.1) is 0 Å². The van der Waals surface area contributed by atoms with Gasteiger partial charge in [-0.05, 0) is 57.0 Å². The normalized spacial score (nSPS) is 15.0. The van der Waals surface area contributed by atoms with Crippen molar-refractivity contribution in [1.29, 1.82) is 0 Å². The van der Waals surface area contributed by atoms with Crippen LogP contribution < -0.4 is 30.1 Å². The number of nitrogens with one attached hydrogen (secondary N) is 1. The second-order valence-corrected chi connectivity index (χ2v) is 17.0. The Kier molecular flexibility index (Phi) is 8.72. The van der Waals surface area contributed by atoms with E-state index in [1.807, 2.05) is 45.0 Å². The van der Waals surface area contributed by atoms with Gasteiger partial charge in [0.15, 0.2) is 0 Å². The molecule has 6 rings (SSSR count). The fourth-order valence-electron chi connectivity index (χ4n) is 5.91. The van der Waals surface area contributed by atoms with Crippen molar-refractivity contribution in [3.8, 4) is 17.2 Å². The molecule has 5 aromatic rings. The lowest BCUT2D eigenvalue weighted by molar-refractivity contribution is 0.412. The lowest BCUT2D eigenvalue weighted by Crippen LogP contribution is -2.37. The Morgan fingerprint density at radius 3 is 1.84 bits per heavy atom. The van der Waals surface area contributed by atoms with Crippen molar-refractivity contribution in [2.75, 3.05) is 7.11 Å². The summed E-state index contributed by atoms with van der Waals surface area (Å²) >= 11 is 0. The molecule has 45 heavy (non-hydrogen) atoms. The highest BCUT2D eigenvalue weighted by atomic mass is 32.2. The molecular weight excluding hydrogens is 593 g/mol. The number of para-hydroxylation sites is 2. The van der Waals surface area contributed by atoms with Crippen LogP contribution in [0, 0.1) is 0 Å². The minimum Gasteiger partial charge on any atom is -0.497 e. The molecule has 2 unspecified atom stereocenters. The third kappa shape index (κ3) is 6.10. The number of rotatable bonds is 8. The quantitative estimate of drug-likeness (QED) is 0.176. The molecule has 230 valence electrons. The number of fused-ring (bicyclic) bond motifs is 2. The van der Waals surface area contributed by atoms with Crippen molar-refractivity contribution < 1.29 is 13.7 Å². The van der Waals surface area contributed by atoms with Crippen LogP contribution in [0.3, 0.4) is 0 Å². The molecule has 0 bridgehead atoms. The monoisotopic (exact) mass is 633 g/mol. The Morgan fingerprint density at radius 2 is 1.29 bits per heavy atom. The Morgan fingerprint density at radius 1 is 0.733 bits per heavy atom. The molecule has 0 spiro atoms. The molecule has 1 heterocycles. The highest BCUT2D eigenvalue weighted by molar-refractivity contribution is 7.84. The van der Waals surface area contributed by atoms with Gasteiger partial charge in [0.25, 0.3) is 0 Å². The third-order valence-electron chi connectivity index (χ3n) is 8.40. The summed E-state index contributed by atoms with van der Waals surface area (Å²) in [5, 5.41) is 3.72. The summed E-state index contributed by atoms with van der Waals surface area (Å²) in [6.07, 6.45) is 0. The zero-order chi connectivity index (χ0) is 31.8. The van der Waals surface area contributed by atoms with E-state index in [0.717, 1.165) is 39.5 Å². The first-order valence-electron chi connectivity index (χ1n) is 15.3. The van der Waals surface area contributed by atoms with E-state index in [1.165, 1.54) is 15.9 Å². The van der Waals surface area contributed by atoms with E-state index in [-0.39, 0.29) is 11.5 Å². The summed E-state index contributed by atoms with van der Waals surface area (Å²) < 4.78 is 29.3. The van der Waals surface area contributed by atoms with E-state index in [4.69, 9.17) is 9.47 Å². The fraction of sp³-hybridized carbons (Fsp3) is 0.231. The smallest absolute Gasteiger partial charge is 0.139 e. The van der Waals surface area contributed by atoms with Crippen LogP contribution in [0.2, 0.25) is 0 Å². The van der Waals surface area contributed by atoms with Crippen LogP contribution in [-0.4, -0.2) is 16.1 Å². The summed E-state index contributed by atoms with van der Waals surface area (Å²) in [4.78, 5) is 0. The molecule has 0 amide bonds. The van der Waals surface area contributed by atoms with Crippen molar-refractivity contribution in [3.05, 3.63) is 144 Å². The molecule has 0 saturated heterocycles. The second-order valence-electron chi connectivity index (χ2n) is 12.8. The molecule has 0 aliphatic carbocycles. The van der Waals surface area contributed by atoms with Gasteiger partial charge in [0.05, 0.1) is 28.9 Å². The third-order valence-corrected chi connectivity index (χ3v) is 12.4. The van der Waals surface area contributed by atoms with Gasteiger partial charge in [0, 0.05) is 27.4 Å². The summed E-state index contributed by atoms with van der Waals surface area (Å²) in [6, 6.07) is 42.0. The van der Waals surface area contributed by atoms with Crippen LogP contribution in [0.5, 0.6) is 17.2 Å². The van der Waals surface area contributed by atoms with E-state index < -0.39 is 23.7 Å². The molecule has 0 fully saturated rings. The van der Waals surface area contributed by atoms with Crippen LogP contribution in [-0.2, 0) is 16.4 Å². The number of hydrogen-bond donors (Lipinski definition) is 1. The molecule has 2 atom stereocenters. The van der Waals surface area contributed by atoms with Crippen LogP contribution in [0.15, 0.2) is 121 Å². The molecule has 0 saturated carbocycles. The second kappa shape index (κ2) is 12.6. The van der Waals surface area contributed by atoms with Crippen molar-refractivity contribution >= 4 is 34.8 Å². The molecule has 1 aliphatic heterocycles. The van der Waals surface area contributed by atoms with Crippen molar-refractivity contribution in [2.45, 2.75) is 50.8 Å². The van der Waals surface area contributed by atoms with Crippen LogP contribution in [0.25, 0.3) is 0 Å². The van der Waals surface area contributed by atoms with Gasteiger partial charge in [0.1, 0.15) is 17.2 Å². The number of ether oxygens (including phenoxy) is 2. The summed E-state index contributed by atoms with van der Waals surface area (Å²) in [7, 11) is -0.570. The zero-order valence-electron chi connectivity index (χ0n) is 26.7. The molecule has 0 aromatic heterocycles. The van der Waals surface area contributed by atoms with Crippen molar-refractivity contribution in [3.63, 3.8) is 0 Å². The Hall–Kier alpha value is -3.76. The minimum absolute atomic E-state index is 0.336. The zero-order valence-corrected chi connectivity index (χ0v) is 28.4. The maximum Gasteiger partial charge on any atom is 0.139 e. The first-order valence-corrected chi connectivity index (χ1v) is 17.8. The first kappa shape index (κ1) is 31.2. The Bertz CT molecular complexity index is 1780. The summed E-state index contributed by atoms with van der Waals surface area (Å²) in [6.45, 7) is 10.5. The number of methoxy groups -OCH3 is 1. The number of benzene rings is 5. The molecule has 6 heteroatoms. The van der Waals surface area contributed by atoms with Gasteiger partial charge < -0.3 is 9.47 Å². The maximum absolute atomic E-state index is 13.6. The average molecular weight is 634 g/mol. The minimum atomic E-state index is -1.34. The Labute approximate surface area is 271 Å². The van der Waals surface area contributed by atoms with Crippen molar-refractivity contribution in [2.24, 2.45) is 0 Å². The van der Waals surface area contributed by atoms with Gasteiger partial charge in [0.2, 0.25) is 0 Å². The van der Waals surface area contributed by atoms with Crippen molar-refractivity contribution in [1.82, 2.24) is 4.72 Å². The van der Waals surface area contributed by atoms with Gasteiger partial charge in [-0.2, -0.15) is 0 Å². The van der Waals surface area contributed by atoms with Crippen LogP contribution in [0.4, 0.5) is 0 Å². The standard InChI is InChI=1S/C39H40NO3PS/c1-38(2,3)45(41)40-35(27-23-25-28(42-6)26-24-27)31-19-13-20-32-36(31)43-37-33(39(32,4)5)21-14-22-34(37)44(29-15-9-7-10-16-29)30-17-11-8-12-18-30/h7-26,35,40H,1-6H3. The molecular formula is C39H40NO3PS. The SMILES string of the molecule is COc1ccc(C(NS(=O)C(C)(C)C)c2cccc3c2Oc2c(P(c4ccccc4)c4ccccc4)cccc2C3(C)C)cc1. The highest BCUT2D eigenvalue weighted by Crippen LogP contribution is 2.52. The summed E-state index contributed by atoms with van der Waals surface area (Å²) in [5.74, 6) is 2.50. The maximum atomic E-state index is 13.6. The van der Waals surface area contributed by atoms with E-state index in [0.29, 0.717) is 0 Å². The molecule has 4 nitrogen and oxygen atoms in total. The lowest BCUT2D eigenvalue weighted by atomic mass is 9.74. The predicted octanol–water partition coefficient (Wildman–Crippen LogP) is 8.03. The van der Waals surface area contributed by atoms with E-state index in [2.05, 4.69) is 116 Å². The van der Waals surface area contributed by atoms with Gasteiger partial charge in [-0.1, -0.05) is 123 Å². The summed E-state index contributed by atoms with van der Waals surface area (Å²) in [5.41, 5.74) is 3.87. The van der Waals surface area contributed by atoms with Gasteiger partial charge in [-0.25, -0.2) is 8.93 Å². The lowest BCUT2D eigenvalue weighted by Gasteiger charge is -2.38. The highest BCUT2D eigenvalue weighted by Gasteiger charge is 2.39. The van der Waals surface area contributed by atoms with E-state index in [9.17, 15) is 4.21 Å². The average Bonchev–Trinajstić information content (AvgIpc) is 3.04. The predicted molar refractivity (Wildman–Crippen MR) is 190 cm³/mol. The fourth-order valence-corrected chi connectivity index (χ4v) is 9.14. The van der Waals surface area contributed by atoms with Gasteiger partial charge in [-0.3, -0.25) is 0 Å². The molecule has 1 N–H and O–H groups in total. The Balaban J connectivity index is 1.54. The number of hydrogen-bond acceptors (Lipinski definition) is 3. The van der Waals surface area contributed by atoms with Gasteiger partial charge >= 0.3 is 0 Å². The van der Waals surface area contributed by atoms with E-state index >= 15 is 0 Å². The topological polar surface area (TPSA) is 47.6 Å². The first-order chi connectivity index (χ1) is 21.6. The van der Waals surface area contributed by atoms with Crippen LogP contribution in [0.1, 0.15) is 62.9 Å². The molecule has 5 aromatic carbocycles.